The second-order valence-electron chi connectivity index (χ2n) is 9.71. The van der Waals surface area contributed by atoms with E-state index in [0.717, 1.165) is 27.8 Å². The summed E-state index contributed by atoms with van der Waals surface area (Å²) in [6.07, 6.45) is 0.446. The molecule has 1 aliphatic rings. The molecule has 7 nitrogen and oxygen atoms in total. The maximum Gasteiger partial charge on any atom is 0.243 e. The van der Waals surface area contributed by atoms with Gasteiger partial charge < -0.3 is 18.9 Å². The third-order valence-electron chi connectivity index (χ3n) is 7.26. The summed E-state index contributed by atoms with van der Waals surface area (Å²) in [6.45, 7) is 2.38. The predicted octanol–water partition coefficient (Wildman–Crippen LogP) is 6.09. The molecule has 0 aromatic heterocycles. The lowest BCUT2D eigenvalue weighted by molar-refractivity contribution is 0.257. The van der Waals surface area contributed by atoms with Crippen molar-refractivity contribution in [2.45, 2.75) is 37.4 Å². The summed E-state index contributed by atoms with van der Waals surface area (Å²) in [4.78, 5) is 0.238. The van der Waals surface area contributed by atoms with Crippen LogP contribution in [0.15, 0.2) is 89.8 Å². The van der Waals surface area contributed by atoms with Crippen LogP contribution in [0.2, 0.25) is 0 Å². The molecule has 4 aromatic carbocycles. The maximum atomic E-state index is 14.2. The highest BCUT2D eigenvalue weighted by molar-refractivity contribution is 7.89. The third kappa shape index (κ3) is 5.37. The highest BCUT2D eigenvalue weighted by Crippen LogP contribution is 2.45. The minimum Gasteiger partial charge on any atom is -0.493 e. The number of hydrogen-bond acceptors (Lipinski definition) is 6. The van der Waals surface area contributed by atoms with Crippen molar-refractivity contribution >= 4 is 10.0 Å². The molecule has 5 rings (SSSR count). The molecule has 208 valence electrons. The van der Waals surface area contributed by atoms with E-state index in [9.17, 15) is 8.42 Å². The Bertz CT molecular complexity index is 1590. The average Bonchev–Trinajstić information content (AvgIpc) is 2.99. The summed E-state index contributed by atoms with van der Waals surface area (Å²) in [5.41, 5.74) is 4.59. The molecule has 0 bridgehead atoms. The van der Waals surface area contributed by atoms with Crippen LogP contribution in [0.3, 0.4) is 0 Å². The van der Waals surface area contributed by atoms with E-state index in [4.69, 9.17) is 18.9 Å². The van der Waals surface area contributed by atoms with Crippen molar-refractivity contribution in [1.29, 1.82) is 0 Å². The Morgan fingerprint density at radius 3 is 2.15 bits per heavy atom. The largest absolute Gasteiger partial charge is 0.493 e. The molecule has 40 heavy (non-hydrogen) atoms. The van der Waals surface area contributed by atoms with Crippen LogP contribution in [0.5, 0.6) is 23.0 Å². The van der Waals surface area contributed by atoms with Crippen molar-refractivity contribution in [2.24, 2.45) is 0 Å². The molecule has 0 amide bonds. The normalized spacial score (nSPS) is 15.2. The first-order valence-electron chi connectivity index (χ1n) is 13.0. The number of rotatable bonds is 9. The number of methoxy groups -OCH3 is 3. The quantitative estimate of drug-likeness (QED) is 0.247. The van der Waals surface area contributed by atoms with Gasteiger partial charge in [0.1, 0.15) is 6.61 Å². The lowest BCUT2D eigenvalue weighted by Gasteiger charge is -2.37. The number of fused-ring (bicyclic) bond motifs is 1. The van der Waals surface area contributed by atoms with E-state index in [1.54, 1.807) is 37.8 Å². The van der Waals surface area contributed by atoms with Gasteiger partial charge in [-0.3, -0.25) is 0 Å². The van der Waals surface area contributed by atoms with Crippen LogP contribution in [-0.2, 0) is 29.6 Å². The zero-order chi connectivity index (χ0) is 28.3. The third-order valence-corrected chi connectivity index (χ3v) is 9.13. The van der Waals surface area contributed by atoms with Gasteiger partial charge in [0.25, 0.3) is 0 Å². The lowest BCUT2D eigenvalue weighted by atomic mass is 9.90. The van der Waals surface area contributed by atoms with Gasteiger partial charge in [0.05, 0.1) is 32.3 Å². The van der Waals surface area contributed by atoms with Gasteiger partial charge in [0.15, 0.2) is 23.0 Å². The Kier molecular flexibility index (Phi) is 8.00. The van der Waals surface area contributed by atoms with Gasteiger partial charge in [-0.25, -0.2) is 8.42 Å². The molecule has 1 aliphatic heterocycles. The van der Waals surface area contributed by atoms with Crippen molar-refractivity contribution in [1.82, 2.24) is 4.31 Å². The number of benzene rings is 4. The number of nitrogens with zero attached hydrogens (tertiary/aromatic N) is 1. The van der Waals surface area contributed by atoms with Gasteiger partial charge in [0, 0.05) is 12.1 Å². The molecule has 1 atom stereocenters. The molecule has 0 saturated carbocycles. The molecule has 0 aliphatic carbocycles. The Morgan fingerprint density at radius 1 is 0.800 bits per heavy atom. The molecular weight excluding hydrogens is 526 g/mol. The van der Waals surface area contributed by atoms with Crippen LogP contribution < -0.4 is 18.9 Å². The first-order valence-corrected chi connectivity index (χ1v) is 14.5. The van der Waals surface area contributed by atoms with Crippen LogP contribution in [0.4, 0.5) is 0 Å². The second-order valence-corrected chi connectivity index (χ2v) is 11.6. The number of hydrogen-bond donors (Lipinski definition) is 0. The van der Waals surface area contributed by atoms with Crippen molar-refractivity contribution in [3.05, 3.63) is 113 Å². The molecule has 1 heterocycles. The van der Waals surface area contributed by atoms with Gasteiger partial charge in [-0.15, -0.1) is 0 Å². The standard InChI is InChI=1S/C32H33NO6S/c1-22-10-14-26(15-11-22)40(34,35)33-20-27-24(18-28(33)25-13-16-29(36-2)31(19-25)38-4)12-17-30(37-3)32(27)39-21-23-8-6-5-7-9-23/h5-17,19,28H,18,20-21H2,1-4H3. The summed E-state index contributed by atoms with van der Waals surface area (Å²) in [7, 11) is 0.845. The van der Waals surface area contributed by atoms with Gasteiger partial charge in [-0.05, 0) is 60.4 Å². The Morgan fingerprint density at radius 2 is 1.48 bits per heavy atom. The van der Waals surface area contributed by atoms with Gasteiger partial charge in [-0.1, -0.05) is 60.2 Å². The number of sulfonamides is 1. The maximum absolute atomic E-state index is 14.2. The summed E-state index contributed by atoms with van der Waals surface area (Å²) < 4.78 is 52.9. The zero-order valence-electron chi connectivity index (χ0n) is 23.1. The van der Waals surface area contributed by atoms with Crippen molar-refractivity contribution in [3.8, 4) is 23.0 Å². The molecule has 4 aromatic rings. The fourth-order valence-electron chi connectivity index (χ4n) is 5.08. The van der Waals surface area contributed by atoms with Gasteiger partial charge in [0.2, 0.25) is 10.0 Å². The van der Waals surface area contributed by atoms with E-state index in [2.05, 4.69) is 0 Å². The molecule has 1 unspecified atom stereocenters. The summed E-state index contributed by atoms with van der Waals surface area (Å²) in [6, 6.07) is 25.7. The van der Waals surface area contributed by atoms with E-state index >= 15 is 0 Å². The van der Waals surface area contributed by atoms with Crippen LogP contribution >= 0.6 is 0 Å². The van der Waals surface area contributed by atoms with Crippen LogP contribution in [0.25, 0.3) is 0 Å². The minimum absolute atomic E-state index is 0.117. The monoisotopic (exact) mass is 559 g/mol. The Labute approximate surface area is 235 Å². The smallest absolute Gasteiger partial charge is 0.243 e. The predicted molar refractivity (Wildman–Crippen MR) is 154 cm³/mol. The van der Waals surface area contributed by atoms with Crippen molar-refractivity contribution in [3.63, 3.8) is 0 Å². The van der Waals surface area contributed by atoms with Gasteiger partial charge in [-0.2, -0.15) is 4.31 Å². The first kappa shape index (κ1) is 27.6. The first-order chi connectivity index (χ1) is 19.3. The molecule has 0 fully saturated rings. The Hall–Kier alpha value is -4.01. The van der Waals surface area contributed by atoms with Crippen LogP contribution in [0.1, 0.15) is 33.9 Å². The van der Waals surface area contributed by atoms with E-state index in [1.165, 1.54) is 0 Å². The molecule has 0 spiro atoms. The Balaban J connectivity index is 1.62. The number of aryl methyl sites for hydroxylation is 1. The van der Waals surface area contributed by atoms with Gasteiger partial charge >= 0.3 is 0 Å². The van der Waals surface area contributed by atoms with E-state index in [-0.39, 0.29) is 11.4 Å². The molecule has 0 N–H and O–H groups in total. The highest BCUT2D eigenvalue weighted by atomic mass is 32.2. The summed E-state index contributed by atoms with van der Waals surface area (Å²) in [5.74, 6) is 2.24. The van der Waals surface area contributed by atoms with Crippen molar-refractivity contribution in [2.75, 3.05) is 21.3 Å². The summed E-state index contributed by atoms with van der Waals surface area (Å²) >= 11 is 0. The minimum atomic E-state index is -3.89. The zero-order valence-corrected chi connectivity index (χ0v) is 23.9. The molecule has 8 heteroatoms. The second kappa shape index (κ2) is 11.6. The van der Waals surface area contributed by atoms with E-state index in [0.29, 0.717) is 36.0 Å². The summed E-state index contributed by atoms with van der Waals surface area (Å²) in [5, 5.41) is 0. The molecule has 0 radical (unpaired) electrons. The van der Waals surface area contributed by atoms with Crippen molar-refractivity contribution < 1.29 is 27.4 Å². The van der Waals surface area contributed by atoms with Crippen LogP contribution in [0, 0.1) is 6.92 Å². The lowest BCUT2D eigenvalue weighted by Crippen LogP contribution is -2.39. The fraction of sp³-hybridized carbons (Fsp3) is 0.250. The highest BCUT2D eigenvalue weighted by Gasteiger charge is 2.39. The van der Waals surface area contributed by atoms with E-state index in [1.807, 2.05) is 79.7 Å². The topological polar surface area (TPSA) is 74.3 Å². The van der Waals surface area contributed by atoms with E-state index < -0.39 is 16.1 Å². The molecule has 0 saturated heterocycles. The molecular formula is C32H33NO6S. The number of ether oxygens (including phenoxy) is 4. The van der Waals surface area contributed by atoms with Crippen LogP contribution in [-0.4, -0.2) is 34.1 Å². The SMILES string of the molecule is COc1ccc(C2Cc3ccc(OC)c(OCc4ccccc4)c3CN2S(=O)(=O)c2ccc(C)cc2)cc1OC. The fourth-order valence-corrected chi connectivity index (χ4v) is 6.66. The average molecular weight is 560 g/mol.